The zero-order valence-electron chi connectivity index (χ0n) is 7.68. The first-order valence-electron chi connectivity index (χ1n) is 4.43. The predicted octanol–water partition coefficient (Wildman–Crippen LogP) is 2.03. The van der Waals surface area contributed by atoms with Crippen LogP contribution >= 0.6 is 0 Å². The fourth-order valence-corrected chi connectivity index (χ4v) is 1.25. The van der Waals surface area contributed by atoms with Gasteiger partial charge in [0.25, 0.3) is 0 Å². The summed E-state index contributed by atoms with van der Waals surface area (Å²) in [6.07, 6.45) is 3.45. The highest BCUT2D eigenvalue weighted by atomic mass is 16.1. The molecule has 0 atom stereocenters. The molecule has 0 unspecified atom stereocenters. The number of rotatable bonds is 3. The van der Waals surface area contributed by atoms with Gasteiger partial charge in [0.2, 0.25) is 5.56 Å². The molecule has 0 aromatic carbocycles. The van der Waals surface area contributed by atoms with Gasteiger partial charge in [-0.05, 0) is 25.3 Å². The van der Waals surface area contributed by atoms with Gasteiger partial charge in [0.05, 0.1) is 0 Å². The van der Waals surface area contributed by atoms with Crippen molar-refractivity contribution in [3.63, 3.8) is 0 Å². The standard InChI is InChI=1S/C10H15NO/c1-3-4-5-9-6-7-10(12)11-8(9)2/h6-7H,3-5H2,1-2H3,(H,11,12). The number of nitrogens with one attached hydrogen (secondary N) is 1. The summed E-state index contributed by atoms with van der Waals surface area (Å²) in [5.41, 5.74) is 2.26. The van der Waals surface area contributed by atoms with E-state index in [0.29, 0.717) is 0 Å². The van der Waals surface area contributed by atoms with Crippen LogP contribution in [0, 0.1) is 6.92 Å². The fourth-order valence-electron chi connectivity index (χ4n) is 1.25. The van der Waals surface area contributed by atoms with Gasteiger partial charge in [-0.1, -0.05) is 19.4 Å². The molecule has 0 spiro atoms. The summed E-state index contributed by atoms with van der Waals surface area (Å²) in [6.45, 7) is 4.12. The lowest BCUT2D eigenvalue weighted by atomic mass is 10.1. The normalized spacial score (nSPS) is 10.2. The predicted molar refractivity (Wildman–Crippen MR) is 50.4 cm³/mol. The Morgan fingerprint density at radius 3 is 2.75 bits per heavy atom. The minimum Gasteiger partial charge on any atom is -0.326 e. The molecule has 0 radical (unpaired) electrons. The monoisotopic (exact) mass is 165 g/mol. The highest BCUT2D eigenvalue weighted by Gasteiger charge is 1.96. The van der Waals surface area contributed by atoms with Crippen molar-refractivity contribution in [2.45, 2.75) is 33.1 Å². The van der Waals surface area contributed by atoms with Crippen molar-refractivity contribution < 1.29 is 0 Å². The third kappa shape index (κ3) is 2.22. The van der Waals surface area contributed by atoms with Crippen LogP contribution < -0.4 is 5.56 Å². The smallest absolute Gasteiger partial charge is 0.248 e. The summed E-state index contributed by atoms with van der Waals surface area (Å²) in [4.78, 5) is 13.7. The van der Waals surface area contributed by atoms with Crippen LogP contribution in [0.4, 0.5) is 0 Å². The second-order valence-electron chi connectivity index (χ2n) is 3.08. The van der Waals surface area contributed by atoms with Crippen LogP contribution in [0.1, 0.15) is 31.0 Å². The minimum atomic E-state index is -0.00671. The van der Waals surface area contributed by atoms with Crippen LogP contribution in [0.5, 0.6) is 0 Å². The Bertz CT molecular complexity index is 301. The van der Waals surface area contributed by atoms with Gasteiger partial charge in [0.15, 0.2) is 0 Å². The Morgan fingerprint density at radius 2 is 2.17 bits per heavy atom. The largest absolute Gasteiger partial charge is 0.326 e. The molecule has 1 heterocycles. The summed E-state index contributed by atoms with van der Waals surface area (Å²) in [7, 11) is 0. The first-order valence-corrected chi connectivity index (χ1v) is 4.43. The maximum atomic E-state index is 10.9. The van der Waals surface area contributed by atoms with Crippen molar-refractivity contribution in [1.82, 2.24) is 4.98 Å². The number of hydrogen-bond donors (Lipinski definition) is 1. The molecule has 1 N–H and O–H groups in total. The van der Waals surface area contributed by atoms with E-state index < -0.39 is 0 Å². The molecule has 2 heteroatoms. The molecular formula is C10H15NO. The zero-order chi connectivity index (χ0) is 8.97. The average Bonchev–Trinajstić information content (AvgIpc) is 2.03. The Balaban J connectivity index is 2.79. The summed E-state index contributed by atoms with van der Waals surface area (Å²) in [5.74, 6) is 0. The number of H-pyrrole nitrogens is 1. The van der Waals surface area contributed by atoms with Crippen LogP contribution in [-0.4, -0.2) is 4.98 Å². The van der Waals surface area contributed by atoms with E-state index in [1.54, 1.807) is 6.07 Å². The summed E-state index contributed by atoms with van der Waals surface area (Å²) >= 11 is 0. The van der Waals surface area contributed by atoms with Crippen molar-refractivity contribution in [2.24, 2.45) is 0 Å². The van der Waals surface area contributed by atoms with E-state index in [4.69, 9.17) is 0 Å². The van der Waals surface area contributed by atoms with Crippen molar-refractivity contribution >= 4 is 0 Å². The average molecular weight is 165 g/mol. The molecule has 0 saturated carbocycles. The van der Waals surface area contributed by atoms with Gasteiger partial charge >= 0.3 is 0 Å². The molecule has 0 amide bonds. The van der Waals surface area contributed by atoms with Gasteiger partial charge < -0.3 is 4.98 Å². The summed E-state index contributed by atoms with van der Waals surface area (Å²) in [6, 6.07) is 3.52. The third-order valence-electron chi connectivity index (χ3n) is 2.03. The van der Waals surface area contributed by atoms with Crippen molar-refractivity contribution in [2.75, 3.05) is 0 Å². The third-order valence-corrected chi connectivity index (χ3v) is 2.03. The Kier molecular flexibility index (Phi) is 3.09. The van der Waals surface area contributed by atoms with Crippen LogP contribution in [0.15, 0.2) is 16.9 Å². The first kappa shape index (κ1) is 9.04. The van der Waals surface area contributed by atoms with Crippen molar-refractivity contribution in [1.29, 1.82) is 0 Å². The van der Waals surface area contributed by atoms with Gasteiger partial charge in [0, 0.05) is 11.8 Å². The van der Waals surface area contributed by atoms with Crippen molar-refractivity contribution in [3.8, 4) is 0 Å². The van der Waals surface area contributed by atoms with Gasteiger partial charge in [0.1, 0.15) is 0 Å². The lowest BCUT2D eigenvalue weighted by Gasteiger charge is -2.02. The molecule has 66 valence electrons. The molecule has 0 aliphatic carbocycles. The van der Waals surface area contributed by atoms with E-state index >= 15 is 0 Å². The van der Waals surface area contributed by atoms with Gasteiger partial charge in [-0.15, -0.1) is 0 Å². The number of unbranched alkanes of at least 4 members (excludes halogenated alkanes) is 1. The molecule has 12 heavy (non-hydrogen) atoms. The maximum Gasteiger partial charge on any atom is 0.248 e. The first-order chi connectivity index (χ1) is 5.74. The quantitative estimate of drug-likeness (QED) is 0.730. The second kappa shape index (κ2) is 4.10. The molecule has 1 aromatic heterocycles. The van der Waals surface area contributed by atoms with E-state index in [0.717, 1.165) is 12.1 Å². The molecule has 2 nitrogen and oxygen atoms in total. The molecule has 0 saturated heterocycles. The van der Waals surface area contributed by atoms with E-state index in [1.165, 1.54) is 18.4 Å². The van der Waals surface area contributed by atoms with E-state index in [1.807, 2.05) is 13.0 Å². The van der Waals surface area contributed by atoms with E-state index in [2.05, 4.69) is 11.9 Å². The van der Waals surface area contributed by atoms with Crippen LogP contribution in [0.2, 0.25) is 0 Å². The molecule has 0 aliphatic rings. The molecule has 0 bridgehead atoms. The Hall–Kier alpha value is -1.05. The van der Waals surface area contributed by atoms with Crippen LogP contribution in [0.3, 0.4) is 0 Å². The number of aryl methyl sites for hydroxylation is 2. The number of aromatic amines is 1. The minimum absolute atomic E-state index is 0.00671. The van der Waals surface area contributed by atoms with Gasteiger partial charge in [-0.3, -0.25) is 4.79 Å². The molecule has 0 aliphatic heterocycles. The van der Waals surface area contributed by atoms with Crippen molar-refractivity contribution in [3.05, 3.63) is 33.7 Å². The number of hydrogen-bond acceptors (Lipinski definition) is 1. The van der Waals surface area contributed by atoms with Gasteiger partial charge in [-0.25, -0.2) is 0 Å². The number of aromatic nitrogens is 1. The Labute approximate surface area is 72.6 Å². The highest BCUT2D eigenvalue weighted by molar-refractivity contribution is 5.18. The zero-order valence-corrected chi connectivity index (χ0v) is 7.68. The topological polar surface area (TPSA) is 32.9 Å². The van der Waals surface area contributed by atoms with E-state index in [9.17, 15) is 4.79 Å². The lowest BCUT2D eigenvalue weighted by molar-refractivity contribution is 0.785. The second-order valence-corrected chi connectivity index (χ2v) is 3.08. The van der Waals surface area contributed by atoms with Crippen LogP contribution in [0.25, 0.3) is 0 Å². The van der Waals surface area contributed by atoms with Gasteiger partial charge in [-0.2, -0.15) is 0 Å². The van der Waals surface area contributed by atoms with E-state index in [-0.39, 0.29) is 5.56 Å². The molecule has 1 rings (SSSR count). The number of pyridine rings is 1. The lowest BCUT2D eigenvalue weighted by Crippen LogP contribution is -2.07. The maximum absolute atomic E-state index is 10.9. The molecule has 0 fully saturated rings. The molecular weight excluding hydrogens is 150 g/mol. The summed E-state index contributed by atoms with van der Waals surface area (Å²) in [5, 5.41) is 0. The van der Waals surface area contributed by atoms with Crippen LogP contribution in [-0.2, 0) is 6.42 Å². The highest BCUT2D eigenvalue weighted by Crippen LogP contribution is 2.05. The SMILES string of the molecule is CCCCc1ccc(=O)[nH]c1C. The summed E-state index contributed by atoms with van der Waals surface area (Å²) < 4.78 is 0. The molecule has 1 aromatic rings. The fraction of sp³-hybridized carbons (Fsp3) is 0.500. The Morgan fingerprint density at radius 1 is 1.42 bits per heavy atom.